The summed E-state index contributed by atoms with van der Waals surface area (Å²) in [6.45, 7) is 0. The summed E-state index contributed by atoms with van der Waals surface area (Å²) in [4.78, 5) is 8.21. The van der Waals surface area contributed by atoms with Gasteiger partial charge in [-0.2, -0.15) is 0 Å². The molecule has 1 heterocycles. The molecule has 0 aliphatic heterocycles. The monoisotopic (exact) mass is 320 g/mol. The number of hydrogen-bond donors (Lipinski definition) is 3. The van der Waals surface area contributed by atoms with Gasteiger partial charge in [-0.05, 0) is 30.3 Å². The van der Waals surface area contributed by atoms with Crippen molar-refractivity contribution in [1.82, 2.24) is 9.97 Å². The number of nitrogen functional groups attached to an aromatic ring is 1. The standard InChI is InChI=1S/C13H12N4O2S2/c14-8-5-9(7-10(6-8)21(15,18)19)20-13-16-11-3-1-2-4-12(11)17-13/h1-7H,14H2,(H,16,17)(H2,15,18,19). The summed E-state index contributed by atoms with van der Waals surface area (Å²) >= 11 is 1.29. The minimum atomic E-state index is -3.79. The van der Waals surface area contributed by atoms with Crippen molar-refractivity contribution in [2.24, 2.45) is 5.14 Å². The van der Waals surface area contributed by atoms with E-state index in [0.29, 0.717) is 15.7 Å². The molecule has 0 bridgehead atoms. The van der Waals surface area contributed by atoms with Crippen molar-refractivity contribution in [2.45, 2.75) is 14.9 Å². The average molecular weight is 320 g/mol. The lowest BCUT2D eigenvalue weighted by Crippen LogP contribution is -2.12. The van der Waals surface area contributed by atoms with Gasteiger partial charge in [-0.1, -0.05) is 23.9 Å². The fraction of sp³-hybridized carbons (Fsp3) is 0. The zero-order valence-electron chi connectivity index (χ0n) is 10.8. The average Bonchev–Trinajstić information content (AvgIpc) is 2.79. The van der Waals surface area contributed by atoms with E-state index in [9.17, 15) is 8.42 Å². The topological polar surface area (TPSA) is 115 Å². The number of anilines is 1. The van der Waals surface area contributed by atoms with Crippen LogP contribution in [0.3, 0.4) is 0 Å². The predicted molar refractivity (Wildman–Crippen MR) is 82.4 cm³/mol. The first-order valence-corrected chi connectivity index (χ1v) is 8.34. The molecule has 1 aromatic heterocycles. The van der Waals surface area contributed by atoms with Gasteiger partial charge in [0.15, 0.2) is 5.16 Å². The van der Waals surface area contributed by atoms with Gasteiger partial charge in [0, 0.05) is 10.6 Å². The molecule has 5 N–H and O–H groups in total. The van der Waals surface area contributed by atoms with Crippen LogP contribution < -0.4 is 10.9 Å². The molecular formula is C13H12N4O2S2. The van der Waals surface area contributed by atoms with Crippen LogP contribution >= 0.6 is 11.8 Å². The fourth-order valence-corrected chi connectivity index (χ4v) is 3.48. The van der Waals surface area contributed by atoms with Crippen molar-refractivity contribution in [2.75, 3.05) is 5.73 Å². The van der Waals surface area contributed by atoms with E-state index < -0.39 is 10.0 Å². The summed E-state index contributed by atoms with van der Waals surface area (Å²) in [5.74, 6) is 0. The molecule has 6 nitrogen and oxygen atoms in total. The Hall–Kier alpha value is -2.03. The van der Waals surface area contributed by atoms with Crippen molar-refractivity contribution in [3.05, 3.63) is 42.5 Å². The Morgan fingerprint density at radius 1 is 1.14 bits per heavy atom. The summed E-state index contributed by atoms with van der Waals surface area (Å²) in [6, 6.07) is 12.1. The summed E-state index contributed by atoms with van der Waals surface area (Å²) in [7, 11) is -3.79. The highest BCUT2D eigenvalue weighted by Gasteiger charge is 2.12. The Morgan fingerprint density at radius 2 is 1.90 bits per heavy atom. The third-order valence-electron chi connectivity index (χ3n) is 2.81. The lowest BCUT2D eigenvalue weighted by molar-refractivity contribution is 0.597. The Morgan fingerprint density at radius 3 is 2.62 bits per heavy atom. The van der Waals surface area contributed by atoms with E-state index in [0.717, 1.165) is 11.0 Å². The van der Waals surface area contributed by atoms with E-state index in [1.807, 2.05) is 24.3 Å². The van der Waals surface area contributed by atoms with Crippen LogP contribution in [0.15, 0.2) is 57.4 Å². The zero-order chi connectivity index (χ0) is 15.0. The van der Waals surface area contributed by atoms with Crippen LogP contribution in [0.4, 0.5) is 5.69 Å². The first-order chi connectivity index (χ1) is 9.91. The number of rotatable bonds is 3. The number of aromatic nitrogens is 2. The van der Waals surface area contributed by atoms with Crippen molar-refractivity contribution >= 4 is 38.5 Å². The quantitative estimate of drug-likeness (QED) is 0.638. The van der Waals surface area contributed by atoms with Crippen molar-refractivity contribution in [1.29, 1.82) is 0 Å². The molecule has 3 aromatic rings. The molecule has 0 amide bonds. The number of H-pyrrole nitrogens is 1. The van der Waals surface area contributed by atoms with Crippen LogP contribution in [0.2, 0.25) is 0 Å². The van der Waals surface area contributed by atoms with E-state index in [2.05, 4.69) is 9.97 Å². The Bertz CT molecular complexity index is 886. The highest BCUT2D eigenvalue weighted by molar-refractivity contribution is 7.99. The number of para-hydroxylation sites is 2. The molecule has 0 aliphatic carbocycles. The molecule has 8 heteroatoms. The maximum absolute atomic E-state index is 11.4. The second kappa shape index (κ2) is 5.06. The SMILES string of the molecule is Nc1cc(Sc2nc3ccccc3[nH]2)cc(S(N)(=O)=O)c1. The third-order valence-corrected chi connectivity index (χ3v) is 4.56. The zero-order valence-corrected chi connectivity index (χ0v) is 12.4. The number of fused-ring (bicyclic) bond motifs is 1. The second-order valence-corrected chi connectivity index (χ2v) is 7.07. The molecule has 0 unspecified atom stereocenters. The molecule has 0 atom stereocenters. The van der Waals surface area contributed by atoms with Crippen molar-refractivity contribution in [3.8, 4) is 0 Å². The highest BCUT2D eigenvalue weighted by Crippen LogP contribution is 2.30. The van der Waals surface area contributed by atoms with Gasteiger partial charge >= 0.3 is 0 Å². The van der Waals surface area contributed by atoms with Gasteiger partial charge < -0.3 is 10.7 Å². The summed E-state index contributed by atoms with van der Waals surface area (Å²) in [5.41, 5.74) is 7.81. The van der Waals surface area contributed by atoms with E-state index in [1.165, 1.54) is 23.9 Å². The lowest BCUT2D eigenvalue weighted by Gasteiger charge is -2.04. The molecule has 0 aliphatic rings. The Labute approximate surface area is 125 Å². The summed E-state index contributed by atoms with van der Waals surface area (Å²) in [6.07, 6.45) is 0. The van der Waals surface area contributed by atoms with Crippen LogP contribution in [-0.2, 0) is 10.0 Å². The summed E-state index contributed by atoms with van der Waals surface area (Å²) in [5, 5.41) is 5.79. The van der Waals surface area contributed by atoms with Gasteiger partial charge in [-0.15, -0.1) is 0 Å². The Balaban J connectivity index is 1.99. The van der Waals surface area contributed by atoms with Gasteiger partial charge in [0.25, 0.3) is 0 Å². The first kappa shape index (κ1) is 13.9. The molecule has 0 spiro atoms. The van der Waals surface area contributed by atoms with Gasteiger partial charge in [0.1, 0.15) is 0 Å². The maximum atomic E-state index is 11.4. The molecule has 108 valence electrons. The first-order valence-electron chi connectivity index (χ1n) is 5.98. The molecular weight excluding hydrogens is 308 g/mol. The molecule has 0 fully saturated rings. The second-order valence-electron chi connectivity index (χ2n) is 4.44. The van der Waals surface area contributed by atoms with Gasteiger partial charge in [-0.25, -0.2) is 18.5 Å². The number of primary sulfonamides is 1. The van der Waals surface area contributed by atoms with E-state index >= 15 is 0 Å². The molecule has 0 saturated heterocycles. The van der Waals surface area contributed by atoms with E-state index in [-0.39, 0.29) is 4.90 Å². The van der Waals surface area contributed by atoms with Gasteiger partial charge in [-0.3, -0.25) is 0 Å². The highest BCUT2D eigenvalue weighted by atomic mass is 32.2. The largest absolute Gasteiger partial charge is 0.399 e. The third kappa shape index (κ3) is 3.02. The van der Waals surface area contributed by atoms with Crippen LogP contribution in [0.5, 0.6) is 0 Å². The fourth-order valence-electron chi connectivity index (χ4n) is 1.91. The van der Waals surface area contributed by atoms with Crippen LogP contribution in [-0.4, -0.2) is 18.4 Å². The normalized spacial score (nSPS) is 11.9. The number of imidazole rings is 1. The minimum Gasteiger partial charge on any atom is -0.399 e. The van der Waals surface area contributed by atoms with Crippen LogP contribution in [0.1, 0.15) is 0 Å². The lowest BCUT2D eigenvalue weighted by atomic mass is 10.3. The number of aromatic amines is 1. The maximum Gasteiger partial charge on any atom is 0.238 e. The van der Waals surface area contributed by atoms with Gasteiger partial charge in [0.05, 0.1) is 15.9 Å². The smallest absolute Gasteiger partial charge is 0.238 e. The number of nitrogens with zero attached hydrogens (tertiary/aromatic N) is 1. The van der Waals surface area contributed by atoms with Crippen molar-refractivity contribution < 1.29 is 8.42 Å². The van der Waals surface area contributed by atoms with E-state index in [4.69, 9.17) is 10.9 Å². The molecule has 3 rings (SSSR count). The van der Waals surface area contributed by atoms with Crippen LogP contribution in [0, 0.1) is 0 Å². The van der Waals surface area contributed by atoms with Crippen LogP contribution in [0.25, 0.3) is 11.0 Å². The molecule has 0 saturated carbocycles. The van der Waals surface area contributed by atoms with Crippen molar-refractivity contribution in [3.63, 3.8) is 0 Å². The molecule has 2 aromatic carbocycles. The molecule has 21 heavy (non-hydrogen) atoms. The number of nitrogens with two attached hydrogens (primary N) is 2. The Kier molecular flexibility index (Phi) is 3.36. The number of hydrogen-bond acceptors (Lipinski definition) is 5. The number of nitrogens with one attached hydrogen (secondary N) is 1. The predicted octanol–water partition coefficient (Wildman–Crippen LogP) is 1.94. The summed E-state index contributed by atoms with van der Waals surface area (Å²) < 4.78 is 22.8. The number of sulfonamides is 1. The minimum absolute atomic E-state index is 0.0129. The van der Waals surface area contributed by atoms with Gasteiger partial charge in [0.2, 0.25) is 10.0 Å². The van der Waals surface area contributed by atoms with E-state index in [1.54, 1.807) is 6.07 Å². The molecule has 0 radical (unpaired) electrons. The number of benzene rings is 2.